The topological polar surface area (TPSA) is 182 Å². The van der Waals surface area contributed by atoms with E-state index in [0.29, 0.717) is 0 Å². The van der Waals surface area contributed by atoms with Crippen LogP contribution in [0.15, 0.2) is 0 Å². The van der Waals surface area contributed by atoms with Gasteiger partial charge in [-0.15, -0.1) is 0 Å². The third-order valence-corrected chi connectivity index (χ3v) is 3.58. The largest absolute Gasteiger partial charge is 0.394 e. The quantitative estimate of drug-likeness (QED) is 0.185. The SMILES string of the molecule is N[C@@H](C=O)[C@@H](O)[C@](O)([C@H](O)CO)P(=O)(O)O. The summed E-state index contributed by atoms with van der Waals surface area (Å²) < 4.78 is 11.0. The highest BCUT2D eigenvalue weighted by Gasteiger charge is 2.58. The first-order valence-electron chi connectivity index (χ1n) is 4.08. The zero-order valence-electron chi connectivity index (χ0n) is 8.04. The Morgan fingerprint density at radius 2 is 1.81 bits per heavy atom. The van der Waals surface area contributed by atoms with Gasteiger partial charge in [0, 0.05) is 0 Å². The van der Waals surface area contributed by atoms with Gasteiger partial charge >= 0.3 is 7.60 Å². The average Bonchev–Trinajstić information content (AvgIpc) is 2.22. The molecule has 96 valence electrons. The molecular formula is C6H14NO8P. The van der Waals surface area contributed by atoms with Gasteiger partial charge in [0.25, 0.3) is 0 Å². The highest BCUT2D eigenvalue weighted by atomic mass is 31.2. The van der Waals surface area contributed by atoms with Gasteiger partial charge in [-0.25, -0.2) is 0 Å². The molecule has 0 radical (unpaired) electrons. The Bertz CT molecular complexity index is 292. The molecule has 0 aliphatic rings. The minimum Gasteiger partial charge on any atom is -0.394 e. The van der Waals surface area contributed by atoms with Gasteiger partial charge in [0.15, 0.2) is 0 Å². The van der Waals surface area contributed by atoms with Gasteiger partial charge in [-0.2, -0.15) is 0 Å². The summed E-state index contributed by atoms with van der Waals surface area (Å²) in [4.78, 5) is 27.9. The maximum atomic E-state index is 11.0. The highest BCUT2D eigenvalue weighted by Crippen LogP contribution is 2.52. The van der Waals surface area contributed by atoms with E-state index in [1.807, 2.05) is 0 Å². The third-order valence-electron chi connectivity index (χ3n) is 2.09. The van der Waals surface area contributed by atoms with Crippen LogP contribution in [0.2, 0.25) is 0 Å². The van der Waals surface area contributed by atoms with Crippen LogP contribution >= 0.6 is 7.60 Å². The predicted octanol–water partition coefficient (Wildman–Crippen LogP) is -3.91. The third kappa shape index (κ3) is 2.65. The molecule has 8 N–H and O–H groups in total. The van der Waals surface area contributed by atoms with Crippen molar-refractivity contribution in [2.24, 2.45) is 5.73 Å². The summed E-state index contributed by atoms with van der Waals surface area (Å²) in [6, 6.07) is -1.82. The fourth-order valence-corrected chi connectivity index (χ4v) is 2.04. The van der Waals surface area contributed by atoms with Crippen molar-refractivity contribution in [3.8, 4) is 0 Å². The first-order valence-corrected chi connectivity index (χ1v) is 5.70. The molecule has 0 aromatic rings. The molecule has 0 aliphatic heterocycles. The molecular weight excluding hydrogens is 245 g/mol. The van der Waals surface area contributed by atoms with Crippen molar-refractivity contribution in [1.29, 1.82) is 0 Å². The molecule has 0 saturated carbocycles. The molecule has 4 atom stereocenters. The van der Waals surface area contributed by atoms with E-state index < -0.39 is 37.8 Å². The molecule has 0 bridgehead atoms. The second kappa shape index (κ2) is 5.30. The van der Waals surface area contributed by atoms with Crippen molar-refractivity contribution in [3.05, 3.63) is 0 Å². The Labute approximate surface area is 90.3 Å². The maximum absolute atomic E-state index is 11.0. The van der Waals surface area contributed by atoms with Gasteiger partial charge < -0.3 is 40.7 Å². The van der Waals surface area contributed by atoms with E-state index >= 15 is 0 Å². The van der Waals surface area contributed by atoms with Crippen LogP contribution in [-0.4, -0.2) is 66.7 Å². The average molecular weight is 259 g/mol. The molecule has 0 unspecified atom stereocenters. The lowest BCUT2D eigenvalue weighted by Crippen LogP contribution is -2.59. The maximum Gasteiger partial charge on any atom is 0.362 e. The van der Waals surface area contributed by atoms with Gasteiger partial charge in [0.1, 0.15) is 18.5 Å². The molecule has 0 aliphatic carbocycles. The van der Waals surface area contributed by atoms with Crippen LogP contribution in [0.4, 0.5) is 0 Å². The molecule has 0 rings (SSSR count). The molecule has 0 heterocycles. The Morgan fingerprint density at radius 3 is 2.06 bits per heavy atom. The molecule has 0 aromatic heterocycles. The summed E-state index contributed by atoms with van der Waals surface area (Å²) in [5, 5.41) is 33.1. The van der Waals surface area contributed by atoms with Gasteiger partial charge in [-0.1, -0.05) is 0 Å². The predicted molar refractivity (Wildman–Crippen MR) is 50.1 cm³/mol. The summed E-state index contributed by atoms with van der Waals surface area (Å²) in [5.41, 5.74) is 4.98. The van der Waals surface area contributed by atoms with Crippen LogP contribution in [-0.2, 0) is 9.36 Å². The molecule has 0 spiro atoms. The van der Waals surface area contributed by atoms with Crippen LogP contribution in [0.5, 0.6) is 0 Å². The summed E-state index contributed by atoms with van der Waals surface area (Å²) in [6.45, 7) is -1.23. The van der Waals surface area contributed by atoms with Crippen LogP contribution in [0.1, 0.15) is 0 Å². The number of aldehydes is 1. The first-order chi connectivity index (χ1) is 7.12. The minimum absolute atomic E-state index is 0.0601. The molecule has 10 heteroatoms. The Hall–Kier alpha value is -0.380. The zero-order chi connectivity index (χ0) is 13.1. The molecule has 9 nitrogen and oxygen atoms in total. The molecule has 0 saturated heterocycles. The van der Waals surface area contributed by atoms with Gasteiger partial charge in [-0.05, 0) is 0 Å². The van der Waals surface area contributed by atoms with Crippen molar-refractivity contribution in [1.82, 2.24) is 0 Å². The molecule has 0 aromatic carbocycles. The lowest BCUT2D eigenvalue weighted by molar-refractivity contribution is -0.132. The van der Waals surface area contributed by atoms with E-state index in [0.717, 1.165) is 0 Å². The summed E-state index contributed by atoms with van der Waals surface area (Å²) in [7, 11) is -5.43. The van der Waals surface area contributed by atoms with E-state index in [1.54, 1.807) is 0 Å². The number of hydrogen-bond donors (Lipinski definition) is 7. The summed E-state index contributed by atoms with van der Waals surface area (Å²) in [5.74, 6) is 0. The fourth-order valence-electron chi connectivity index (χ4n) is 1.06. The van der Waals surface area contributed by atoms with Crippen molar-refractivity contribution >= 4 is 13.9 Å². The molecule has 0 fully saturated rings. The number of aliphatic hydroxyl groups is 4. The Morgan fingerprint density at radius 1 is 1.38 bits per heavy atom. The number of carbonyl (C=O) groups excluding carboxylic acids is 1. The Balaban J connectivity index is 5.41. The summed E-state index contributed by atoms with van der Waals surface area (Å²) >= 11 is 0. The summed E-state index contributed by atoms with van der Waals surface area (Å²) in [6.07, 6.45) is -4.84. The van der Waals surface area contributed by atoms with Crippen LogP contribution in [0, 0.1) is 0 Å². The van der Waals surface area contributed by atoms with Gasteiger partial charge in [-0.3, -0.25) is 4.57 Å². The minimum atomic E-state index is -5.43. The smallest absolute Gasteiger partial charge is 0.362 e. The van der Waals surface area contributed by atoms with Crippen molar-refractivity contribution in [2.75, 3.05) is 6.61 Å². The van der Waals surface area contributed by atoms with E-state index in [4.69, 9.17) is 25.7 Å². The number of hydrogen-bond acceptors (Lipinski definition) is 7. The highest BCUT2D eigenvalue weighted by molar-refractivity contribution is 7.53. The van der Waals surface area contributed by atoms with Crippen LogP contribution < -0.4 is 5.73 Å². The second-order valence-electron chi connectivity index (χ2n) is 3.18. The van der Waals surface area contributed by atoms with Crippen molar-refractivity contribution in [2.45, 2.75) is 23.6 Å². The fraction of sp³-hybridized carbons (Fsp3) is 0.833. The number of carbonyl (C=O) groups is 1. The second-order valence-corrected chi connectivity index (χ2v) is 4.99. The van der Waals surface area contributed by atoms with Gasteiger partial charge in [0.05, 0.1) is 12.6 Å². The molecule has 0 amide bonds. The van der Waals surface area contributed by atoms with Crippen molar-refractivity contribution < 1.29 is 39.6 Å². The lowest BCUT2D eigenvalue weighted by atomic mass is 10.0. The van der Waals surface area contributed by atoms with Gasteiger partial charge in [0.2, 0.25) is 5.34 Å². The van der Waals surface area contributed by atoms with Crippen molar-refractivity contribution in [3.63, 3.8) is 0 Å². The normalized spacial score (nSPS) is 21.9. The zero-order valence-corrected chi connectivity index (χ0v) is 8.94. The number of rotatable bonds is 6. The molecule has 16 heavy (non-hydrogen) atoms. The van der Waals surface area contributed by atoms with E-state index in [9.17, 15) is 19.6 Å². The number of aliphatic hydroxyl groups excluding tert-OH is 3. The van der Waals surface area contributed by atoms with Crippen LogP contribution in [0.3, 0.4) is 0 Å². The van der Waals surface area contributed by atoms with E-state index in [2.05, 4.69) is 0 Å². The van der Waals surface area contributed by atoms with Crippen LogP contribution in [0.25, 0.3) is 0 Å². The Kier molecular flexibility index (Phi) is 5.17. The first kappa shape index (κ1) is 15.6. The van der Waals surface area contributed by atoms with E-state index in [1.165, 1.54) is 0 Å². The standard InChI is InChI=1S/C6H14NO8P/c7-3(1-8)5(11)6(12,4(10)2-9)16(13,14)15/h1,3-5,9-12H,2,7H2,(H2,13,14,15)/t3-,4+,5+,6-/m0/s1. The van der Waals surface area contributed by atoms with E-state index in [-0.39, 0.29) is 6.29 Å². The number of nitrogens with two attached hydrogens (primary N) is 1. The monoisotopic (exact) mass is 259 g/mol. The lowest BCUT2D eigenvalue weighted by Gasteiger charge is -2.37.